The monoisotopic (exact) mass is 284 g/mol. The number of hydrogen-bond acceptors (Lipinski definition) is 2. The fraction of sp³-hybridized carbons (Fsp3) is 0.235. The average Bonchev–Trinajstić information content (AvgIpc) is 2.48. The molecule has 1 atom stereocenters. The predicted octanol–water partition coefficient (Wildman–Crippen LogP) is 3.89. The molecule has 21 heavy (non-hydrogen) atoms. The van der Waals surface area contributed by atoms with E-state index in [4.69, 9.17) is 4.74 Å². The molecule has 110 valence electrons. The molecule has 0 fully saturated rings. The van der Waals surface area contributed by atoms with Gasteiger partial charge in [-0.25, -0.2) is 4.79 Å². The molecule has 0 spiro atoms. The predicted molar refractivity (Wildman–Crippen MR) is 84.7 cm³/mol. The summed E-state index contributed by atoms with van der Waals surface area (Å²) in [5, 5.41) is 5.74. The number of nitrogens with one attached hydrogen (secondary N) is 2. The highest BCUT2D eigenvalue weighted by atomic mass is 16.5. The van der Waals surface area contributed by atoms with Gasteiger partial charge in [0.25, 0.3) is 0 Å². The van der Waals surface area contributed by atoms with E-state index in [0.717, 1.165) is 11.1 Å². The number of anilines is 1. The minimum absolute atomic E-state index is 0.0676. The Labute approximate surface area is 125 Å². The SMILES string of the molecule is COc1ccc(C)cc1NC(=O)N[C@H](C)c1ccccc1. The molecular formula is C17H20N2O2. The number of carbonyl (C=O) groups is 1. The van der Waals surface area contributed by atoms with Gasteiger partial charge in [-0.1, -0.05) is 36.4 Å². The van der Waals surface area contributed by atoms with Gasteiger partial charge in [-0.2, -0.15) is 0 Å². The van der Waals surface area contributed by atoms with E-state index >= 15 is 0 Å². The molecule has 2 aromatic rings. The number of hydrogen-bond donors (Lipinski definition) is 2. The summed E-state index contributed by atoms with van der Waals surface area (Å²) in [5.41, 5.74) is 2.78. The summed E-state index contributed by atoms with van der Waals surface area (Å²) in [6, 6.07) is 15.2. The van der Waals surface area contributed by atoms with Crippen LogP contribution in [0.3, 0.4) is 0 Å². The lowest BCUT2D eigenvalue weighted by Gasteiger charge is -2.16. The van der Waals surface area contributed by atoms with Crippen molar-refractivity contribution in [2.45, 2.75) is 19.9 Å². The summed E-state index contributed by atoms with van der Waals surface area (Å²) >= 11 is 0. The Morgan fingerprint density at radius 2 is 1.86 bits per heavy atom. The average molecular weight is 284 g/mol. The lowest BCUT2D eigenvalue weighted by Crippen LogP contribution is -2.31. The highest BCUT2D eigenvalue weighted by Gasteiger charge is 2.11. The van der Waals surface area contributed by atoms with Gasteiger partial charge in [-0.3, -0.25) is 0 Å². The van der Waals surface area contributed by atoms with E-state index in [9.17, 15) is 4.79 Å². The number of methoxy groups -OCH3 is 1. The van der Waals surface area contributed by atoms with Crippen molar-refractivity contribution >= 4 is 11.7 Å². The first-order valence-electron chi connectivity index (χ1n) is 6.87. The second kappa shape index (κ2) is 6.79. The molecule has 4 nitrogen and oxygen atoms in total. The maximum atomic E-state index is 12.1. The Morgan fingerprint density at radius 1 is 1.14 bits per heavy atom. The Hall–Kier alpha value is -2.49. The Balaban J connectivity index is 2.04. The largest absolute Gasteiger partial charge is 0.495 e. The molecule has 0 aliphatic rings. The quantitative estimate of drug-likeness (QED) is 0.895. The van der Waals surface area contributed by atoms with Crippen molar-refractivity contribution in [3.63, 3.8) is 0 Å². The second-order valence-corrected chi connectivity index (χ2v) is 4.93. The Bertz CT molecular complexity index is 611. The minimum Gasteiger partial charge on any atom is -0.495 e. The molecule has 0 heterocycles. The van der Waals surface area contributed by atoms with Crippen LogP contribution in [0.15, 0.2) is 48.5 Å². The van der Waals surface area contributed by atoms with Crippen molar-refractivity contribution < 1.29 is 9.53 Å². The van der Waals surface area contributed by atoms with Gasteiger partial charge in [0.2, 0.25) is 0 Å². The van der Waals surface area contributed by atoms with Gasteiger partial charge in [0.1, 0.15) is 5.75 Å². The summed E-state index contributed by atoms with van der Waals surface area (Å²) in [4.78, 5) is 12.1. The van der Waals surface area contributed by atoms with Crippen molar-refractivity contribution in [2.75, 3.05) is 12.4 Å². The van der Waals surface area contributed by atoms with Crippen LogP contribution in [-0.2, 0) is 0 Å². The maximum absolute atomic E-state index is 12.1. The van der Waals surface area contributed by atoms with Crippen LogP contribution in [0.2, 0.25) is 0 Å². The van der Waals surface area contributed by atoms with Gasteiger partial charge in [0.15, 0.2) is 0 Å². The molecule has 0 saturated carbocycles. The molecule has 0 aliphatic carbocycles. The molecule has 4 heteroatoms. The first kappa shape index (κ1) is 14.9. The first-order valence-corrected chi connectivity index (χ1v) is 6.87. The third-order valence-corrected chi connectivity index (χ3v) is 3.25. The molecule has 2 N–H and O–H groups in total. The molecule has 0 unspecified atom stereocenters. The topological polar surface area (TPSA) is 50.4 Å². The van der Waals surface area contributed by atoms with Gasteiger partial charge < -0.3 is 15.4 Å². The fourth-order valence-electron chi connectivity index (χ4n) is 2.10. The van der Waals surface area contributed by atoms with Crippen LogP contribution in [0.5, 0.6) is 5.75 Å². The van der Waals surface area contributed by atoms with Crippen LogP contribution in [0.25, 0.3) is 0 Å². The van der Waals surface area contributed by atoms with Crippen molar-refractivity contribution in [3.05, 3.63) is 59.7 Å². The van der Waals surface area contributed by atoms with Crippen LogP contribution in [0, 0.1) is 6.92 Å². The molecule has 0 saturated heterocycles. The van der Waals surface area contributed by atoms with E-state index in [1.54, 1.807) is 7.11 Å². The molecule has 2 amide bonds. The molecule has 0 bridgehead atoms. The van der Waals surface area contributed by atoms with Gasteiger partial charge in [-0.15, -0.1) is 0 Å². The van der Waals surface area contributed by atoms with Crippen molar-refractivity contribution in [3.8, 4) is 5.75 Å². The molecule has 2 aromatic carbocycles. The van der Waals surface area contributed by atoms with Crippen LogP contribution in [0.1, 0.15) is 24.1 Å². The number of amides is 2. The van der Waals surface area contributed by atoms with Crippen LogP contribution >= 0.6 is 0 Å². The Kier molecular flexibility index (Phi) is 4.82. The zero-order valence-electron chi connectivity index (χ0n) is 12.5. The van der Waals surface area contributed by atoms with E-state index in [1.807, 2.05) is 62.4 Å². The summed E-state index contributed by atoms with van der Waals surface area (Å²) in [6.07, 6.45) is 0. The van der Waals surface area contributed by atoms with E-state index in [-0.39, 0.29) is 12.1 Å². The zero-order valence-corrected chi connectivity index (χ0v) is 12.5. The van der Waals surface area contributed by atoms with Crippen LogP contribution in [-0.4, -0.2) is 13.1 Å². The number of carbonyl (C=O) groups excluding carboxylic acids is 1. The van der Waals surface area contributed by atoms with Crippen LogP contribution in [0.4, 0.5) is 10.5 Å². The second-order valence-electron chi connectivity index (χ2n) is 4.93. The number of aryl methyl sites for hydroxylation is 1. The highest BCUT2D eigenvalue weighted by Crippen LogP contribution is 2.25. The number of benzene rings is 2. The summed E-state index contributed by atoms with van der Waals surface area (Å²) < 4.78 is 5.25. The van der Waals surface area contributed by atoms with E-state index < -0.39 is 0 Å². The van der Waals surface area contributed by atoms with Crippen molar-refractivity contribution in [1.29, 1.82) is 0 Å². The van der Waals surface area contributed by atoms with Crippen molar-refractivity contribution in [1.82, 2.24) is 5.32 Å². The van der Waals surface area contributed by atoms with E-state index in [1.165, 1.54) is 0 Å². The van der Waals surface area contributed by atoms with Gasteiger partial charge >= 0.3 is 6.03 Å². The smallest absolute Gasteiger partial charge is 0.319 e. The number of ether oxygens (including phenoxy) is 1. The molecule has 0 aliphatic heterocycles. The maximum Gasteiger partial charge on any atom is 0.319 e. The van der Waals surface area contributed by atoms with Gasteiger partial charge in [0, 0.05) is 0 Å². The first-order chi connectivity index (χ1) is 10.1. The number of rotatable bonds is 4. The van der Waals surface area contributed by atoms with Gasteiger partial charge in [0.05, 0.1) is 18.8 Å². The molecule has 0 aromatic heterocycles. The van der Waals surface area contributed by atoms with Crippen molar-refractivity contribution in [2.24, 2.45) is 0 Å². The molecule has 0 radical (unpaired) electrons. The standard InChI is InChI=1S/C17H20N2O2/c1-12-9-10-16(21-3)15(11-12)19-17(20)18-13(2)14-7-5-4-6-8-14/h4-11,13H,1-3H3,(H2,18,19,20)/t13-/m1/s1. The van der Waals surface area contributed by atoms with Gasteiger partial charge in [-0.05, 0) is 37.1 Å². The molecular weight excluding hydrogens is 264 g/mol. The third-order valence-electron chi connectivity index (χ3n) is 3.25. The van der Waals surface area contributed by atoms with Crippen LogP contribution < -0.4 is 15.4 Å². The summed E-state index contributed by atoms with van der Waals surface area (Å²) in [7, 11) is 1.58. The summed E-state index contributed by atoms with van der Waals surface area (Å²) in [6.45, 7) is 3.91. The third kappa shape index (κ3) is 3.99. The molecule has 2 rings (SSSR count). The minimum atomic E-state index is -0.254. The van der Waals surface area contributed by atoms with E-state index in [2.05, 4.69) is 10.6 Å². The number of urea groups is 1. The zero-order chi connectivity index (χ0) is 15.2. The lowest BCUT2D eigenvalue weighted by atomic mass is 10.1. The fourth-order valence-corrected chi connectivity index (χ4v) is 2.10. The summed E-state index contributed by atoms with van der Waals surface area (Å²) in [5.74, 6) is 0.642. The van der Waals surface area contributed by atoms with E-state index in [0.29, 0.717) is 11.4 Å². The highest BCUT2D eigenvalue weighted by molar-refractivity contribution is 5.91. The lowest BCUT2D eigenvalue weighted by molar-refractivity contribution is 0.249. The Morgan fingerprint density at radius 3 is 2.52 bits per heavy atom. The normalized spacial score (nSPS) is 11.6.